The van der Waals surface area contributed by atoms with Gasteiger partial charge in [-0.05, 0) is 54.8 Å². The van der Waals surface area contributed by atoms with E-state index in [4.69, 9.17) is 21.8 Å². The molecule has 4 aromatic rings. The summed E-state index contributed by atoms with van der Waals surface area (Å²) in [7, 11) is 0. The summed E-state index contributed by atoms with van der Waals surface area (Å²) < 4.78 is 5.50. The summed E-state index contributed by atoms with van der Waals surface area (Å²) in [6.07, 6.45) is 3.44. The highest BCUT2D eigenvalue weighted by Gasteiger charge is 2.14. The number of fused-ring (bicyclic) bond motifs is 1. The molecule has 4 rings (SSSR count). The number of carbonyl (C=O) groups is 1. The second-order valence-electron chi connectivity index (χ2n) is 7.09. The van der Waals surface area contributed by atoms with Crippen LogP contribution in [0.4, 0.5) is 5.82 Å². The minimum atomic E-state index is -0.310. The van der Waals surface area contributed by atoms with Crippen LogP contribution in [0, 0.1) is 13.8 Å². The molecule has 1 amide bonds. The molecule has 0 spiro atoms. The standard InChI is InChI=1S/C22H20ClN5O2/c1-12-5-20(24)27-13(2)17(12)10-26-22(29)19-11-30-21(28-19)7-14-3-4-18-15(6-14)8-16(23)9-25-18/h3-6,8-9,11H,7,10H2,1-2H3,(H2,24,27)(H,26,29). The van der Waals surface area contributed by atoms with Gasteiger partial charge < -0.3 is 15.5 Å². The predicted octanol–water partition coefficient (Wildman–Crippen LogP) is 3.99. The van der Waals surface area contributed by atoms with E-state index in [1.807, 2.05) is 38.1 Å². The number of halogens is 1. The van der Waals surface area contributed by atoms with Crippen LogP contribution < -0.4 is 11.1 Å². The van der Waals surface area contributed by atoms with Crippen molar-refractivity contribution in [3.8, 4) is 0 Å². The van der Waals surface area contributed by atoms with Gasteiger partial charge in [-0.3, -0.25) is 9.78 Å². The Morgan fingerprint density at radius 3 is 2.83 bits per heavy atom. The van der Waals surface area contributed by atoms with Crippen LogP contribution in [0.25, 0.3) is 10.9 Å². The number of nitrogens with two attached hydrogens (primary N) is 1. The number of carbonyl (C=O) groups excluding carboxylic acids is 1. The molecule has 0 fully saturated rings. The van der Waals surface area contributed by atoms with Gasteiger partial charge in [0.05, 0.1) is 10.5 Å². The first kappa shape index (κ1) is 19.8. The molecule has 3 aromatic heterocycles. The van der Waals surface area contributed by atoms with E-state index in [0.29, 0.717) is 29.7 Å². The molecule has 0 aliphatic carbocycles. The molecule has 1 aromatic carbocycles. The van der Waals surface area contributed by atoms with Gasteiger partial charge in [0.25, 0.3) is 5.91 Å². The van der Waals surface area contributed by atoms with Crippen molar-refractivity contribution < 1.29 is 9.21 Å². The zero-order chi connectivity index (χ0) is 21.3. The predicted molar refractivity (Wildman–Crippen MR) is 115 cm³/mol. The number of oxazole rings is 1. The maximum absolute atomic E-state index is 12.5. The van der Waals surface area contributed by atoms with Crippen LogP contribution in [0.2, 0.25) is 5.02 Å². The fourth-order valence-electron chi connectivity index (χ4n) is 3.35. The van der Waals surface area contributed by atoms with Crippen molar-refractivity contribution in [3.05, 3.63) is 81.8 Å². The second-order valence-corrected chi connectivity index (χ2v) is 7.53. The smallest absolute Gasteiger partial charge is 0.273 e. The lowest BCUT2D eigenvalue weighted by molar-refractivity contribution is 0.0945. The van der Waals surface area contributed by atoms with Crippen molar-refractivity contribution in [2.24, 2.45) is 0 Å². The zero-order valence-electron chi connectivity index (χ0n) is 16.6. The third-order valence-electron chi connectivity index (χ3n) is 4.85. The maximum atomic E-state index is 12.5. The van der Waals surface area contributed by atoms with E-state index >= 15 is 0 Å². The molecule has 0 unspecified atom stereocenters. The largest absolute Gasteiger partial charge is 0.448 e. The topological polar surface area (TPSA) is 107 Å². The number of pyridine rings is 2. The van der Waals surface area contributed by atoms with E-state index in [2.05, 4.69) is 20.3 Å². The van der Waals surface area contributed by atoms with E-state index in [9.17, 15) is 4.79 Å². The van der Waals surface area contributed by atoms with E-state index in [1.54, 1.807) is 12.3 Å². The molecular weight excluding hydrogens is 402 g/mol. The van der Waals surface area contributed by atoms with Crippen LogP contribution in [0.3, 0.4) is 0 Å². The molecule has 0 aliphatic rings. The van der Waals surface area contributed by atoms with Gasteiger partial charge in [-0.15, -0.1) is 0 Å². The summed E-state index contributed by atoms with van der Waals surface area (Å²) in [6, 6.07) is 9.50. The van der Waals surface area contributed by atoms with Gasteiger partial charge in [0.1, 0.15) is 12.1 Å². The Kier molecular flexibility index (Phi) is 5.37. The van der Waals surface area contributed by atoms with Gasteiger partial charge >= 0.3 is 0 Å². The van der Waals surface area contributed by atoms with Crippen LogP contribution in [-0.2, 0) is 13.0 Å². The monoisotopic (exact) mass is 421 g/mol. The van der Waals surface area contributed by atoms with Gasteiger partial charge in [-0.25, -0.2) is 9.97 Å². The summed E-state index contributed by atoms with van der Waals surface area (Å²) in [5, 5.41) is 4.38. The Morgan fingerprint density at radius 2 is 2.03 bits per heavy atom. The number of nitrogen functional groups attached to an aromatic ring is 1. The maximum Gasteiger partial charge on any atom is 0.273 e. The average Bonchev–Trinajstić information content (AvgIpc) is 3.15. The lowest BCUT2D eigenvalue weighted by Gasteiger charge is -2.10. The number of anilines is 1. The molecule has 0 aliphatic heterocycles. The Bertz CT molecular complexity index is 1230. The number of aryl methyl sites for hydroxylation is 2. The summed E-state index contributed by atoms with van der Waals surface area (Å²) in [5.41, 5.74) is 10.5. The number of nitrogens with zero attached hydrogens (tertiary/aromatic N) is 3. The fraction of sp³-hybridized carbons (Fsp3) is 0.182. The molecular formula is C22H20ClN5O2. The number of nitrogens with one attached hydrogen (secondary N) is 1. The van der Waals surface area contributed by atoms with E-state index in [0.717, 1.165) is 33.3 Å². The lowest BCUT2D eigenvalue weighted by Crippen LogP contribution is -2.24. The highest BCUT2D eigenvalue weighted by molar-refractivity contribution is 6.31. The second kappa shape index (κ2) is 8.12. The Hall–Kier alpha value is -3.45. The molecule has 0 saturated carbocycles. The summed E-state index contributed by atoms with van der Waals surface area (Å²) in [5.74, 6) is 0.610. The molecule has 0 bridgehead atoms. The normalized spacial score (nSPS) is 11.0. The number of aromatic nitrogens is 3. The zero-order valence-corrected chi connectivity index (χ0v) is 17.3. The van der Waals surface area contributed by atoms with E-state index < -0.39 is 0 Å². The van der Waals surface area contributed by atoms with Crippen molar-refractivity contribution in [2.45, 2.75) is 26.8 Å². The number of hydrogen-bond donors (Lipinski definition) is 2. The van der Waals surface area contributed by atoms with Gasteiger partial charge in [0, 0.05) is 30.2 Å². The Morgan fingerprint density at radius 1 is 1.20 bits per heavy atom. The fourth-order valence-corrected chi connectivity index (χ4v) is 3.52. The van der Waals surface area contributed by atoms with Crippen molar-refractivity contribution in [2.75, 3.05) is 5.73 Å². The van der Waals surface area contributed by atoms with Crippen LogP contribution in [0.1, 0.15) is 38.8 Å². The Labute approximate surface area is 178 Å². The lowest BCUT2D eigenvalue weighted by atomic mass is 10.1. The summed E-state index contributed by atoms with van der Waals surface area (Å²) in [6.45, 7) is 4.14. The van der Waals surface area contributed by atoms with Gasteiger partial charge in [-0.1, -0.05) is 17.7 Å². The first-order chi connectivity index (χ1) is 14.4. The number of hydrogen-bond acceptors (Lipinski definition) is 6. The molecule has 3 heterocycles. The quantitative estimate of drug-likeness (QED) is 0.504. The van der Waals surface area contributed by atoms with Crippen LogP contribution >= 0.6 is 11.6 Å². The average molecular weight is 422 g/mol. The SMILES string of the molecule is Cc1cc(N)nc(C)c1CNC(=O)c1coc(Cc2ccc3ncc(Cl)cc3c2)n1. The molecule has 7 nitrogen and oxygen atoms in total. The van der Waals surface area contributed by atoms with E-state index in [1.165, 1.54) is 6.26 Å². The highest BCUT2D eigenvalue weighted by Crippen LogP contribution is 2.20. The first-order valence-electron chi connectivity index (χ1n) is 9.38. The summed E-state index contributed by atoms with van der Waals surface area (Å²) >= 11 is 6.02. The van der Waals surface area contributed by atoms with Gasteiger partial charge in [0.2, 0.25) is 0 Å². The molecule has 0 atom stereocenters. The molecule has 8 heteroatoms. The van der Waals surface area contributed by atoms with Gasteiger partial charge in [0.15, 0.2) is 11.6 Å². The minimum absolute atomic E-state index is 0.231. The third kappa shape index (κ3) is 4.26. The molecule has 0 radical (unpaired) electrons. The first-order valence-corrected chi connectivity index (χ1v) is 9.76. The van der Waals surface area contributed by atoms with Crippen molar-refractivity contribution in [1.82, 2.24) is 20.3 Å². The van der Waals surface area contributed by atoms with Crippen molar-refractivity contribution in [3.63, 3.8) is 0 Å². The number of rotatable bonds is 5. The van der Waals surface area contributed by atoms with Gasteiger partial charge in [-0.2, -0.15) is 0 Å². The van der Waals surface area contributed by atoms with Crippen molar-refractivity contribution >= 4 is 34.2 Å². The minimum Gasteiger partial charge on any atom is -0.448 e. The molecule has 30 heavy (non-hydrogen) atoms. The van der Waals surface area contributed by atoms with Crippen LogP contribution in [0.5, 0.6) is 0 Å². The van der Waals surface area contributed by atoms with Crippen molar-refractivity contribution in [1.29, 1.82) is 0 Å². The molecule has 152 valence electrons. The third-order valence-corrected chi connectivity index (χ3v) is 5.06. The summed E-state index contributed by atoms with van der Waals surface area (Å²) in [4.78, 5) is 25.3. The number of benzene rings is 1. The van der Waals surface area contributed by atoms with Crippen LogP contribution in [0.15, 0.2) is 47.2 Å². The van der Waals surface area contributed by atoms with E-state index in [-0.39, 0.29) is 11.6 Å². The molecule has 0 saturated heterocycles. The molecule has 3 N–H and O–H groups in total. The Balaban J connectivity index is 1.44. The highest BCUT2D eigenvalue weighted by atomic mass is 35.5. The number of amides is 1. The van der Waals surface area contributed by atoms with Crippen LogP contribution in [-0.4, -0.2) is 20.9 Å².